The summed E-state index contributed by atoms with van der Waals surface area (Å²) in [6, 6.07) is 13.2. The summed E-state index contributed by atoms with van der Waals surface area (Å²) < 4.78 is 41.1. The van der Waals surface area contributed by atoms with Gasteiger partial charge in [0, 0.05) is 25.7 Å². The third-order valence-corrected chi connectivity index (χ3v) is 3.71. The van der Waals surface area contributed by atoms with Gasteiger partial charge >= 0.3 is 6.18 Å². The number of nitrogens with two attached hydrogens (primary N) is 1. The van der Waals surface area contributed by atoms with Crippen LogP contribution in [-0.4, -0.2) is 31.7 Å². The van der Waals surface area contributed by atoms with Crippen molar-refractivity contribution in [1.82, 2.24) is 10.6 Å². The van der Waals surface area contributed by atoms with Gasteiger partial charge in [0.2, 0.25) is 5.91 Å². The molecule has 0 radical (unpaired) electrons. The number of nitrogens with zero attached hydrogens (tertiary/aromatic N) is 1. The first kappa shape index (κ1) is 21.1. The molecule has 0 aliphatic carbocycles. The van der Waals surface area contributed by atoms with Crippen LogP contribution in [0.1, 0.15) is 21.5 Å². The number of amides is 1. The molecular formula is C19H21F3N4O2. The minimum atomic E-state index is -4.36. The van der Waals surface area contributed by atoms with Crippen molar-refractivity contribution in [2.24, 2.45) is 10.7 Å². The summed E-state index contributed by atoms with van der Waals surface area (Å²) in [5.74, 6) is 0.228. The van der Waals surface area contributed by atoms with Gasteiger partial charge < -0.3 is 21.1 Å². The van der Waals surface area contributed by atoms with Crippen molar-refractivity contribution in [3.05, 3.63) is 65.2 Å². The van der Waals surface area contributed by atoms with Crippen molar-refractivity contribution in [3.63, 3.8) is 0 Å². The summed E-state index contributed by atoms with van der Waals surface area (Å²) in [6.45, 7) is -0.398. The number of halogens is 3. The molecule has 0 fully saturated rings. The second-order valence-corrected chi connectivity index (χ2v) is 5.89. The molecule has 0 atom stereocenters. The largest absolute Gasteiger partial charge is 0.484 e. The van der Waals surface area contributed by atoms with Gasteiger partial charge in [-0.1, -0.05) is 24.3 Å². The minimum Gasteiger partial charge on any atom is -0.484 e. The molecule has 9 heteroatoms. The molecule has 6 nitrogen and oxygen atoms in total. The SMILES string of the molecule is CN=C(NCc1ccc(OCC(F)(F)F)cc1)NCc1ccc(C(N)=O)cc1. The normalized spacial score (nSPS) is 11.8. The van der Waals surface area contributed by atoms with E-state index in [0.29, 0.717) is 24.6 Å². The molecule has 0 saturated carbocycles. The maximum Gasteiger partial charge on any atom is 0.422 e. The molecular weight excluding hydrogens is 373 g/mol. The molecule has 0 bridgehead atoms. The lowest BCUT2D eigenvalue weighted by Crippen LogP contribution is -2.36. The van der Waals surface area contributed by atoms with E-state index in [1.807, 2.05) is 0 Å². The molecule has 0 unspecified atom stereocenters. The molecule has 1 amide bonds. The number of carbonyl (C=O) groups is 1. The van der Waals surface area contributed by atoms with E-state index in [9.17, 15) is 18.0 Å². The first-order chi connectivity index (χ1) is 13.3. The summed E-state index contributed by atoms with van der Waals surface area (Å²) in [5.41, 5.74) is 7.44. The fourth-order valence-electron chi connectivity index (χ4n) is 2.25. The predicted molar refractivity (Wildman–Crippen MR) is 100.0 cm³/mol. The van der Waals surface area contributed by atoms with Crippen molar-refractivity contribution < 1.29 is 22.7 Å². The Bertz CT molecular complexity index is 803. The Morgan fingerprint density at radius 3 is 1.93 bits per heavy atom. The smallest absolute Gasteiger partial charge is 0.422 e. The first-order valence-corrected chi connectivity index (χ1v) is 8.38. The maximum absolute atomic E-state index is 12.1. The van der Waals surface area contributed by atoms with Gasteiger partial charge in [-0.3, -0.25) is 9.79 Å². The van der Waals surface area contributed by atoms with E-state index in [2.05, 4.69) is 20.4 Å². The number of rotatable bonds is 7. The molecule has 0 saturated heterocycles. The van der Waals surface area contributed by atoms with Crippen LogP contribution in [-0.2, 0) is 13.1 Å². The molecule has 0 spiro atoms. The molecule has 150 valence electrons. The van der Waals surface area contributed by atoms with Gasteiger partial charge in [0.15, 0.2) is 12.6 Å². The summed E-state index contributed by atoms with van der Waals surface area (Å²) in [7, 11) is 1.62. The Labute approximate surface area is 160 Å². The fourth-order valence-corrected chi connectivity index (χ4v) is 2.25. The van der Waals surface area contributed by atoms with Crippen molar-refractivity contribution >= 4 is 11.9 Å². The highest BCUT2D eigenvalue weighted by Gasteiger charge is 2.28. The fraction of sp³-hybridized carbons (Fsp3) is 0.263. The topological polar surface area (TPSA) is 88.7 Å². The van der Waals surface area contributed by atoms with Crippen LogP contribution >= 0.6 is 0 Å². The van der Waals surface area contributed by atoms with E-state index in [4.69, 9.17) is 5.73 Å². The van der Waals surface area contributed by atoms with Gasteiger partial charge in [-0.25, -0.2) is 0 Å². The predicted octanol–water partition coefficient (Wildman–Crippen LogP) is 2.59. The average Bonchev–Trinajstić information content (AvgIpc) is 2.67. The Hall–Kier alpha value is -3.23. The van der Waals surface area contributed by atoms with E-state index in [0.717, 1.165) is 11.1 Å². The lowest BCUT2D eigenvalue weighted by atomic mass is 10.1. The number of carbonyl (C=O) groups excluding carboxylic acids is 1. The maximum atomic E-state index is 12.1. The third-order valence-electron chi connectivity index (χ3n) is 3.71. The number of hydrogen-bond acceptors (Lipinski definition) is 3. The zero-order chi connectivity index (χ0) is 20.6. The Morgan fingerprint density at radius 2 is 1.50 bits per heavy atom. The molecule has 0 heterocycles. The van der Waals surface area contributed by atoms with Crippen LogP contribution in [0.5, 0.6) is 5.75 Å². The van der Waals surface area contributed by atoms with Crippen molar-refractivity contribution in [3.8, 4) is 5.75 Å². The van der Waals surface area contributed by atoms with E-state index >= 15 is 0 Å². The van der Waals surface area contributed by atoms with E-state index in [1.165, 1.54) is 12.1 Å². The van der Waals surface area contributed by atoms with Crippen LogP contribution in [0.4, 0.5) is 13.2 Å². The summed E-state index contributed by atoms with van der Waals surface area (Å²) in [5, 5.41) is 6.23. The van der Waals surface area contributed by atoms with E-state index in [-0.39, 0.29) is 5.75 Å². The lowest BCUT2D eigenvalue weighted by Gasteiger charge is -2.13. The van der Waals surface area contributed by atoms with Gasteiger partial charge in [-0.2, -0.15) is 13.2 Å². The second-order valence-electron chi connectivity index (χ2n) is 5.89. The van der Waals surface area contributed by atoms with Crippen molar-refractivity contribution in [1.29, 1.82) is 0 Å². The molecule has 2 rings (SSSR count). The quantitative estimate of drug-likeness (QED) is 0.498. The number of aliphatic imine (C=N–C) groups is 1. The highest BCUT2D eigenvalue weighted by atomic mass is 19.4. The number of alkyl halides is 3. The van der Waals surface area contributed by atoms with Crippen LogP contribution in [0.15, 0.2) is 53.5 Å². The highest BCUT2D eigenvalue weighted by molar-refractivity contribution is 5.92. The highest BCUT2D eigenvalue weighted by Crippen LogP contribution is 2.18. The van der Waals surface area contributed by atoms with Crippen LogP contribution in [0, 0.1) is 0 Å². The molecule has 0 aliphatic heterocycles. The second kappa shape index (κ2) is 9.63. The summed E-state index contributed by atoms with van der Waals surface area (Å²) in [4.78, 5) is 15.2. The standard InChI is InChI=1S/C19H21F3N4O2/c1-24-18(25-10-13-2-6-15(7-3-13)17(23)27)26-11-14-4-8-16(9-5-14)28-12-19(20,21)22/h2-9H,10-12H2,1H3,(H2,23,27)(H2,24,25,26). The number of benzene rings is 2. The van der Waals surface area contributed by atoms with Crippen LogP contribution < -0.4 is 21.1 Å². The Morgan fingerprint density at radius 1 is 1.00 bits per heavy atom. The third kappa shape index (κ3) is 7.18. The molecule has 2 aromatic carbocycles. The summed E-state index contributed by atoms with van der Waals surface area (Å²) in [6.07, 6.45) is -4.36. The van der Waals surface area contributed by atoms with Crippen LogP contribution in [0.2, 0.25) is 0 Å². The van der Waals surface area contributed by atoms with Crippen molar-refractivity contribution in [2.45, 2.75) is 19.3 Å². The first-order valence-electron chi connectivity index (χ1n) is 8.38. The van der Waals surface area contributed by atoms with E-state index in [1.54, 1.807) is 43.4 Å². The molecule has 0 aromatic heterocycles. The number of hydrogen-bond donors (Lipinski definition) is 3. The zero-order valence-corrected chi connectivity index (χ0v) is 15.2. The molecule has 28 heavy (non-hydrogen) atoms. The monoisotopic (exact) mass is 394 g/mol. The molecule has 0 aliphatic rings. The van der Waals surface area contributed by atoms with Crippen LogP contribution in [0.25, 0.3) is 0 Å². The number of guanidine groups is 1. The van der Waals surface area contributed by atoms with Gasteiger partial charge in [0.25, 0.3) is 0 Å². The van der Waals surface area contributed by atoms with Gasteiger partial charge in [-0.05, 0) is 35.4 Å². The van der Waals surface area contributed by atoms with E-state index < -0.39 is 18.7 Å². The van der Waals surface area contributed by atoms with Crippen LogP contribution in [0.3, 0.4) is 0 Å². The number of nitrogens with one attached hydrogen (secondary N) is 2. The summed E-state index contributed by atoms with van der Waals surface area (Å²) >= 11 is 0. The Kier molecular flexibility index (Phi) is 7.25. The van der Waals surface area contributed by atoms with Gasteiger partial charge in [-0.15, -0.1) is 0 Å². The number of primary amides is 1. The molecule has 4 N–H and O–H groups in total. The zero-order valence-electron chi connectivity index (χ0n) is 15.2. The Balaban J connectivity index is 1.80. The molecule has 2 aromatic rings. The van der Waals surface area contributed by atoms with Gasteiger partial charge in [0.05, 0.1) is 0 Å². The lowest BCUT2D eigenvalue weighted by molar-refractivity contribution is -0.153. The number of ether oxygens (including phenoxy) is 1. The average molecular weight is 394 g/mol. The van der Waals surface area contributed by atoms with Gasteiger partial charge in [0.1, 0.15) is 5.75 Å². The van der Waals surface area contributed by atoms with Crippen molar-refractivity contribution in [2.75, 3.05) is 13.7 Å². The minimum absolute atomic E-state index is 0.156.